The van der Waals surface area contributed by atoms with Crippen molar-refractivity contribution in [3.63, 3.8) is 0 Å². The van der Waals surface area contributed by atoms with Gasteiger partial charge in [0.15, 0.2) is 5.76 Å². The van der Waals surface area contributed by atoms with Crippen molar-refractivity contribution >= 4 is 27.7 Å². The minimum atomic E-state index is -0.265. The first-order valence-electron chi connectivity index (χ1n) is 4.83. The third-order valence-corrected chi connectivity index (χ3v) is 3.55. The highest BCUT2D eigenvalue weighted by atomic mass is 79.9. The SMILES string of the molecule is C=C(Br)CSc1ncc(-c2ccc(F)cc2)o1. The Labute approximate surface area is 111 Å². The molecule has 0 unspecified atom stereocenters. The summed E-state index contributed by atoms with van der Waals surface area (Å²) in [5.41, 5.74) is 0.809. The molecule has 0 N–H and O–H groups in total. The van der Waals surface area contributed by atoms with Crippen LogP contribution in [0, 0.1) is 5.82 Å². The van der Waals surface area contributed by atoms with E-state index >= 15 is 0 Å². The molecule has 2 rings (SSSR count). The number of hydrogen-bond donors (Lipinski definition) is 0. The second-order valence-electron chi connectivity index (χ2n) is 3.30. The predicted molar refractivity (Wildman–Crippen MR) is 70.7 cm³/mol. The van der Waals surface area contributed by atoms with Crippen molar-refractivity contribution in [2.75, 3.05) is 5.75 Å². The zero-order valence-electron chi connectivity index (χ0n) is 8.82. The van der Waals surface area contributed by atoms with E-state index in [0.717, 1.165) is 10.0 Å². The van der Waals surface area contributed by atoms with Crippen LogP contribution in [0.1, 0.15) is 0 Å². The van der Waals surface area contributed by atoms with Crippen molar-refractivity contribution in [1.29, 1.82) is 0 Å². The van der Waals surface area contributed by atoms with Gasteiger partial charge in [-0.15, -0.1) is 0 Å². The van der Waals surface area contributed by atoms with Crippen molar-refractivity contribution in [1.82, 2.24) is 4.98 Å². The molecule has 0 spiro atoms. The van der Waals surface area contributed by atoms with Crippen LogP contribution in [0.5, 0.6) is 0 Å². The van der Waals surface area contributed by atoms with Gasteiger partial charge >= 0.3 is 0 Å². The first-order valence-corrected chi connectivity index (χ1v) is 6.61. The molecule has 0 radical (unpaired) electrons. The Balaban J connectivity index is 2.12. The van der Waals surface area contributed by atoms with E-state index in [-0.39, 0.29) is 5.82 Å². The molecule has 0 aliphatic carbocycles. The summed E-state index contributed by atoms with van der Waals surface area (Å²) in [5.74, 6) is 1.06. The van der Waals surface area contributed by atoms with E-state index in [1.54, 1.807) is 18.3 Å². The summed E-state index contributed by atoms with van der Waals surface area (Å²) in [6.07, 6.45) is 1.63. The Hall–Kier alpha value is -1.07. The summed E-state index contributed by atoms with van der Waals surface area (Å²) >= 11 is 4.71. The minimum absolute atomic E-state index is 0.265. The maximum Gasteiger partial charge on any atom is 0.256 e. The Morgan fingerprint density at radius 1 is 1.41 bits per heavy atom. The molecule has 0 aliphatic heterocycles. The fraction of sp³-hybridized carbons (Fsp3) is 0.0833. The van der Waals surface area contributed by atoms with Crippen molar-refractivity contribution in [3.05, 3.63) is 47.3 Å². The minimum Gasteiger partial charge on any atom is -0.431 e. The van der Waals surface area contributed by atoms with Crippen molar-refractivity contribution in [2.45, 2.75) is 5.22 Å². The first kappa shape index (κ1) is 12.4. The molecule has 0 saturated heterocycles. The van der Waals surface area contributed by atoms with Crippen LogP contribution < -0.4 is 0 Å². The molecule has 88 valence electrons. The second-order valence-corrected chi connectivity index (χ2v) is 5.35. The summed E-state index contributed by atoms with van der Waals surface area (Å²) in [6, 6.07) is 6.11. The molecule has 0 aliphatic rings. The monoisotopic (exact) mass is 313 g/mol. The van der Waals surface area contributed by atoms with Gasteiger partial charge in [-0.2, -0.15) is 0 Å². The van der Waals surface area contributed by atoms with Crippen molar-refractivity contribution < 1.29 is 8.81 Å². The van der Waals surface area contributed by atoms with Crippen molar-refractivity contribution in [3.8, 4) is 11.3 Å². The number of halogens is 2. The summed E-state index contributed by atoms with van der Waals surface area (Å²) in [5, 5.41) is 0.574. The molecule has 1 aromatic heterocycles. The number of benzene rings is 1. The number of rotatable bonds is 4. The molecule has 2 nitrogen and oxygen atoms in total. The molecular formula is C12H9BrFNOS. The highest BCUT2D eigenvalue weighted by Crippen LogP contribution is 2.27. The van der Waals surface area contributed by atoms with Crippen LogP contribution in [0.15, 0.2) is 51.2 Å². The van der Waals surface area contributed by atoms with Gasteiger partial charge in [0.25, 0.3) is 5.22 Å². The summed E-state index contributed by atoms with van der Waals surface area (Å²) in [6.45, 7) is 3.73. The number of thioether (sulfide) groups is 1. The topological polar surface area (TPSA) is 26.0 Å². The Morgan fingerprint density at radius 3 is 2.76 bits per heavy atom. The fourth-order valence-corrected chi connectivity index (χ4v) is 2.11. The van der Waals surface area contributed by atoms with E-state index in [9.17, 15) is 4.39 Å². The normalized spacial score (nSPS) is 10.5. The third-order valence-electron chi connectivity index (χ3n) is 1.97. The summed E-state index contributed by atoms with van der Waals surface area (Å²) in [7, 11) is 0. The first-order chi connectivity index (χ1) is 8.15. The van der Waals surface area contributed by atoms with Gasteiger partial charge in [0.1, 0.15) is 5.82 Å². The fourth-order valence-electron chi connectivity index (χ4n) is 1.21. The van der Waals surface area contributed by atoms with Gasteiger partial charge in [0.05, 0.1) is 6.20 Å². The van der Waals surface area contributed by atoms with Crippen LogP contribution in [-0.4, -0.2) is 10.7 Å². The van der Waals surface area contributed by atoms with Gasteiger partial charge in [-0.1, -0.05) is 34.3 Å². The van der Waals surface area contributed by atoms with Crippen LogP contribution in [0.25, 0.3) is 11.3 Å². The molecule has 2 aromatic rings. The lowest BCUT2D eigenvalue weighted by Gasteiger charge is -1.96. The average Bonchev–Trinajstić information content (AvgIpc) is 2.76. The van der Waals surface area contributed by atoms with Crippen LogP contribution in [-0.2, 0) is 0 Å². The molecule has 17 heavy (non-hydrogen) atoms. The molecular weight excluding hydrogens is 305 g/mol. The van der Waals surface area contributed by atoms with E-state index in [1.807, 2.05) is 0 Å². The predicted octanol–water partition coefficient (Wildman–Crippen LogP) is 4.48. The largest absolute Gasteiger partial charge is 0.431 e. The second kappa shape index (κ2) is 5.51. The number of nitrogens with zero attached hydrogens (tertiary/aromatic N) is 1. The lowest BCUT2D eigenvalue weighted by atomic mass is 10.2. The maximum atomic E-state index is 12.8. The smallest absolute Gasteiger partial charge is 0.256 e. The molecule has 5 heteroatoms. The van der Waals surface area contributed by atoms with Crippen LogP contribution in [0.2, 0.25) is 0 Å². The van der Waals surface area contributed by atoms with Crippen LogP contribution >= 0.6 is 27.7 Å². The standard InChI is InChI=1S/C12H9BrFNOS/c1-8(13)7-17-12-15-6-11(16-12)9-2-4-10(14)5-3-9/h2-6H,1,7H2. The molecule has 0 atom stereocenters. The Morgan fingerprint density at radius 2 is 2.12 bits per heavy atom. The van der Waals surface area contributed by atoms with E-state index in [2.05, 4.69) is 27.5 Å². The molecule has 1 heterocycles. The van der Waals surface area contributed by atoms with Gasteiger partial charge in [0.2, 0.25) is 0 Å². The third kappa shape index (κ3) is 3.44. The van der Waals surface area contributed by atoms with E-state index in [1.165, 1.54) is 23.9 Å². The Bertz CT molecular complexity index is 524. The van der Waals surface area contributed by atoms with E-state index in [4.69, 9.17) is 4.42 Å². The number of hydrogen-bond acceptors (Lipinski definition) is 3. The molecule has 0 bridgehead atoms. The zero-order chi connectivity index (χ0) is 12.3. The lowest BCUT2D eigenvalue weighted by molar-refractivity contribution is 0.466. The van der Waals surface area contributed by atoms with E-state index in [0.29, 0.717) is 16.7 Å². The van der Waals surface area contributed by atoms with Crippen LogP contribution in [0.3, 0.4) is 0 Å². The van der Waals surface area contributed by atoms with Crippen LogP contribution in [0.4, 0.5) is 4.39 Å². The quantitative estimate of drug-likeness (QED) is 0.778. The molecule has 0 amide bonds. The molecule has 1 aromatic carbocycles. The number of oxazole rings is 1. The summed E-state index contributed by atoms with van der Waals surface area (Å²) < 4.78 is 19.2. The van der Waals surface area contributed by atoms with Gasteiger partial charge in [0, 0.05) is 11.3 Å². The highest BCUT2D eigenvalue weighted by molar-refractivity contribution is 9.11. The van der Waals surface area contributed by atoms with Gasteiger partial charge < -0.3 is 4.42 Å². The van der Waals surface area contributed by atoms with Crippen molar-refractivity contribution in [2.24, 2.45) is 0 Å². The Kier molecular flexibility index (Phi) is 4.02. The molecule has 0 fully saturated rings. The maximum absolute atomic E-state index is 12.8. The number of aromatic nitrogens is 1. The van der Waals surface area contributed by atoms with Gasteiger partial charge in [-0.05, 0) is 28.7 Å². The average molecular weight is 314 g/mol. The van der Waals surface area contributed by atoms with Gasteiger partial charge in [-0.3, -0.25) is 0 Å². The van der Waals surface area contributed by atoms with E-state index < -0.39 is 0 Å². The summed E-state index contributed by atoms with van der Waals surface area (Å²) in [4.78, 5) is 4.13. The lowest BCUT2D eigenvalue weighted by Crippen LogP contribution is -1.76. The zero-order valence-corrected chi connectivity index (χ0v) is 11.2. The molecule has 0 saturated carbocycles. The highest BCUT2D eigenvalue weighted by Gasteiger charge is 2.07. The van der Waals surface area contributed by atoms with Gasteiger partial charge in [-0.25, -0.2) is 9.37 Å².